The first-order chi connectivity index (χ1) is 9.28. The normalized spacial score (nSPS) is 11.4. The van der Waals surface area contributed by atoms with Crippen molar-refractivity contribution in [3.8, 4) is 5.75 Å². The predicted octanol–water partition coefficient (Wildman–Crippen LogP) is 3.45. The maximum absolute atomic E-state index is 5.83. The molecule has 0 unspecified atom stereocenters. The molecule has 2 rings (SSSR count). The van der Waals surface area contributed by atoms with Gasteiger partial charge in [-0.2, -0.15) is 0 Å². The van der Waals surface area contributed by atoms with Gasteiger partial charge < -0.3 is 14.6 Å². The average Bonchev–Trinajstić information content (AvgIpc) is 2.86. The van der Waals surface area contributed by atoms with E-state index in [9.17, 15) is 0 Å². The summed E-state index contributed by atoms with van der Waals surface area (Å²) in [7, 11) is 0. The average molecular weight is 260 g/mol. The molecule has 0 atom stereocenters. The number of aryl methyl sites for hydroxylation is 1. The number of H-pyrrole nitrogens is 1. The number of fused-ring (bicyclic) bond motifs is 1. The quantitative estimate of drug-likeness (QED) is 0.826. The predicted molar refractivity (Wildman–Crippen MR) is 81.0 cm³/mol. The van der Waals surface area contributed by atoms with E-state index in [1.807, 2.05) is 0 Å². The molecule has 0 saturated heterocycles. The fourth-order valence-corrected chi connectivity index (χ4v) is 2.38. The topological polar surface area (TPSA) is 28.3 Å². The molecule has 1 heterocycles. The van der Waals surface area contributed by atoms with Crippen LogP contribution in [0.25, 0.3) is 10.9 Å². The lowest BCUT2D eigenvalue weighted by atomic mass is 10.1. The molecule has 0 aliphatic carbocycles. The maximum Gasteiger partial charge on any atom is 0.121 e. The highest BCUT2D eigenvalue weighted by molar-refractivity contribution is 5.84. The summed E-state index contributed by atoms with van der Waals surface area (Å²) in [6.45, 7) is 10.4. The molecule has 1 N–H and O–H groups in total. The van der Waals surface area contributed by atoms with E-state index in [4.69, 9.17) is 4.74 Å². The molecule has 0 fully saturated rings. The summed E-state index contributed by atoms with van der Waals surface area (Å²) in [5.74, 6) is 0.948. The van der Waals surface area contributed by atoms with Gasteiger partial charge in [-0.25, -0.2) is 0 Å². The zero-order chi connectivity index (χ0) is 13.7. The number of nitrogens with one attached hydrogen (secondary N) is 1. The van der Waals surface area contributed by atoms with Crippen LogP contribution in [0.2, 0.25) is 0 Å². The molecule has 3 nitrogen and oxygen atoms in total. The lowest BCUT2D eigenvalue weighted by molar-refractivity contribution is 0.223. The van der Waals surface area contributed by atoms with E-state index in [0.717, 1.165) is 43.9 Å². The first kappa shape index (κ1) is 13.9. The summed E-state index contributed by atoms with van der Waals surface area (Å²) in [6, 6.07) is 6.31. The zero-order valence-electron chi connectivity index (χ0n) is 12.2. The molecule has 19 heavy (non-hydrogen) atoms. The summed E-state index contributed by atoms with van der Waals surface area (Å²) in [6.07, 6.45) is 3.15. The van der Waals surface area contributed by atoms with Gasteiger partial charge in [0.15, 0.2) is 0 Å². The third-order valence-electron chi connectivity index (χ3n) is 3.69. The maximum atomic E-state index is 5.83. The van der Waals surface area contributed by atoms with Crippen molar-refractivity contribution in [3.05, 3.63) is 30.0 Å². The van der Waals surface area contributed by atoms with Crippen molar-refractivity contribution in [2.45, 2.75) is 27.2 Å². The van der Waals surface area contributed by atoms with Crippen LogP contribution in [0, 0.1) is 0 Å². The van der Waals surface area contributed by atoms with Gasteiger partial charge in [0.05, 0.1) is 0 Å². The molecule has 1 aromatic carbocycles. The van der Waals surface area contributed by atoms with Crippen molar-refractivity contribution in [2.24, 2.45) is 0 Å². The molecule has 0 aliphatic heterocycles. The van der Waals surface area contributed by atoms with Crippen LogP contribution in [0.4, 0.5) is 0 Å². The highest BCUT2D eigenvalue weighted by Gasteiger charge is 2.04. The Kier molecular flexibility index (Phi) is 4.86. The number of likely N-dealkylation sites (N-methyl/N-ethyl adjacent to an activating group) is 1. The van der Waals surface area contributed by atoms with Crippen LogP contribution >= 0.6 is 0 Å². The third kappa shape index (κ3) is 3.29. The van der Waals surface area contributed by atoms with Crippen molar-refractivity contribution in [3.63, 3.8) is 0 Å². The highest BCUT2D eigenvalue weighted by atomic mass is 16.5. The Morgan fingerprint density at radius 3 is 2.63 bits per heavy atom. The Morgan fingerprint density at radius 2 is 1.95 bits per heavy atom. The van der Waals surface area contributed by atoms with Crippen molar-refractivity contribution >= 4 is 10.9 Å². The second kappa shape index (κ2) is 6.62. The molecule has 3 heteroatoms. The number of benzene rings is 1. The van der Waals surface area contributed by atoms with Crippen LogP contribution in [0.3, 0.4) is 0 Å². The minimum absolute atomic E-state index is 0.745. The van der Waals surface area contributed by atoms with E-state index in [-0.39, 0.29) is 0 Å². The van der Waals surface area contributed by atoms with Gasteiger partial charge in [0.1, 0.15) is 12.4 Å². The number of nitrogens with zero attached hydrogens (tertiary/aromatic N) is 1. The summed E-state index contributed by atoms with van der Waals surface area (Å²) >= 11 is 0. The first-order valence-corrected chi connectivity index (χ1v) is 7.23. The molecule has 2 aromatic rings. The number of aromatic nitrogens is 1. The van der Waals surface area contributed by atoms with Crippen molar-refractivity contribution in [2.75, 3.05) is 26.2 Å². The lowest BCUT2D eigenvalue weighted by Gasteiger charge is -2.18. The smallest absolute Gasteiger partial charge is 0.121 e. The van der Waals surface area contributed by atoms with Gasteiger partial charge in [-0.05, 0) is 37.2 Å². The standard InChI is InChI=1S/C16H24N2O/c1-4-13-12-17-16-11-14(7-8-15(13)16)19-10-9-18(5-2)6-3/h7-8,11-12,17H,4-6,9-10H2,1-3H3. The molecule has 0 amide bonds. The number of ether oxygens (including phenoxy) is 1. The van der Waals surface area contributed by atoms with Gasteiger partial charge in [0.25, 0.3) is 0 Å². The Balaban J connectivity index is 1.98. The van der Waals surface area contributed by atoms with E-state index in [2.05, 4.69) is 55.1 Å². The molecular formula is C16H24N2O. The van der Waals surface area contributed by atoms with Crippen molar-refractivity contribution < 1.29 is 4.74 Å². The first-order valence-electron chi connectivity index (χ1n) is 7.23. The number of hydrogen-bond donors (Lipinski definition) is 1. The Bertz CT molecular complexity index is 514. The van der Waals surface area contributed by atoms with E-state index < -0.39 is 0 Å². The molecular weight excluding hydrogens is 236 g/mol. The summed E-state index contributed by atoms with van der Waals surface area (Å²) < 4.78 is 5.83. The minimum atomic E-state index is 0.745. The van der Waals surface area contributed by atoms with E-state index in [1.54, 1.807) is 0 Å². The van der Waals surface area contributed by atoms with Gasteiger partial charge in [0, 0.05) is 29.7 Å². The van der Waals surface area contributed by atoms with Crippen molar-refractivity contribution in [1.29, 1.82) is 0 Å². The fourth-order valence-electron chi connectivity index (χ4n) is 2.38. The number of hydrogen-bond acceptors (Lipinski definition) is 2. The molecule has 0 aliphatic rings. The van der Waals surface area contributed by atoms with Gasteiger partial charge in [-0.1, -0.05) is 20.8 Å². The molecule has 104 valence electrons. The molecule has 0 saturated carbocycles. The van der Waals surface area contributed by atoms with Gasteiger partial charge in [0.2, 0.25) is 0 Å². The monoisotopic (exact) mass is 260 g/mol. The molecule has 1 aromatic heterocycles. The van der Waals surface area contributed by atoms with E-state index in [0.29, 0.717) is 0 Å². The van der Waals surface area contributed by atoms with Gasteiger partial charge in [-0.3, -0.25) is 0 Å². The van der Waals surface area contributed by atoms with Crippen LogP contribution in [-0.2, 0) is 6.42 Å². The van der Waals surface area contributed by atoms with Gasteiger partial charge >= 0.3 is 0 Å². The fraction of sp³-hybridized carbons (Fsp3) is 0.500. The summed E-state index contributed by atoms with van der Waals surface area (Å²) in [4.78, 5) is 5.67. The number of rotatable bonds is 7. The largest absolute Gasteiger partial charge is 0.492 e. The van der Waals surface area contributed by atoms with E-state index in [1.165, 1.54) is 10.9 Å². The Labute approximate surface area is 115 Å². The Hall–Kier alpha value is -1.48. The van der Waals surface area contributed by atoms with Crippen molar-refractivity contribution in [1.82, 2.24) is 9.88 Å². The second-order valence-electron chi connectivity index (χ2n) is 4.75. The minimum Gasteiger partial charge on any atom is -0.492 e. The highest BCUT2D eigenvalue weighted by Crippen LogP contribution is 2.23. The third-order valence-corrected chi connectivity index (χ3v) is 3.69. The van der Waals surface area contributed by atoms with Crippen LogP contribution in [-0.4, -0.2) is 36.1 Å². The Morgan fingerprint density at radius 1 is 1.16 bits per heavy atom. The zero-order valence-corrected chi connectivity index (χ0v) is 12.2. The SMILES string of the molecule is CCc1c[nH]c2cc(OCCN(CC)CC)ccc12. The van der Waals surface area contributed by atoms with Crippen LogP contribution < -0.4 is 4.74 Å². The molecule has 0 radical (unpaired) electrons. The number of aromatic amines is 1. The summed E-state index contributed by atoms with van der Waals surface area (Å²) in [5, 5.41) is 1.30. The second-order valence-corrected chi connectivity index (χ2v) is 4.75. The summed E-state index contributed by atoms with van der Waals surface area (Å²) in [5.41, 5.74) is 2.53. The van der Waals surface area contributed by atoms with E-state index >= 15 is 0 Å². The lowest BCUT2D eigenvalue weighted by Crippen LogP contribution is -2.27. The molecule has 0 bridgehead atoms. The van der Waals surface area contributed by atoms with Crippen LogP contribution in [0.15, 0.2) is 24.4 Å². The van der Waals surface area contributed by atoms with Gasteiger partial charge in [-0.15, -0.1) is 0 Å². The van der Waals surface area contributed by atoms with Crippen LogP contribution in [0.1, 0.15) is 26.3 Å². The molecule has 0 spiro atoms. The van der Waals surface area contributed by atoms with Crippen LogP contribution in [0.5, 0.6) is 5.75 Å².